The smallest absolute Gasteiger partial charge is 0.0723 e. The minimum atomic E-state index is 0.329. The summed E-state index contributed by atoms with van der Waals surface area (Å²) >= 11 is 0. The minimum absolute atomic E-state index is 0.329. The van der Waals surface area contributed by atoms with Gasteiger partial charge in [0, 0.05) is 5.69 Å². The summed E-state index contributed by atoms with van der Waals surface area (Å²) in [6, 6.07) is 5.98. The molecule has 2 N–H and O–H groups in total. The van der Waals surface area contributed by atoms with Crippen LogP contribution in [0.5, 0.6) is 0 Å². The lowest BCUT2D eigenvalue weighted by Crippen LogP contribution is -2.08. The largest absolute Gasteiger partial charge is 0.399 e. The van der Waals surface area contributed by atoms with Gasteiger partial charge in [0.05, 0.1) is 12.7 Å². The third kappa shape index (κ3) is 3.56. The van der Waals surface area contributed by atoms with E-state index in [4.69, 9.17) is 10.5 Å². The minimum Gasteiger partial charge on any atom is -0.399 e. The summed E-state index contributed by atoms with van der Waals surface area (Å²) in [6.07, 6.45) is 2.61. The van der Waals surface area contributed by atoms with Crippen molar-refractivity contribution in [2.24, 2.45) is 0 Å². The highest BCUT2D eigenvalue weighted by atomic mass is 16.5. The number of hydrogen-bond acceptors (Lipinski definition) is 2. The highest BCUT2D eigenvalue weighted by molar-refractivity contribution is 5.49. The molecule has 0 aliphatic heterocycles. The summed E-state index contributed by atoms with van der Waals surface area (Å²) in [4.78, 5) is 0. The van der Waals surface area contributed by atoms with Crippen LogP contribution in [0.4, 0.5) is 5.69 Å². The molecule has 0 fully saturated rings. The summed E-state index contributed by atoms with van der Waals surface area (Å²) < 4.78 is 5.75. The molecule has 1 rings (SSSR count). The molecule has 0 radical (unpaired) electrons. The van der Waals surface area contributed by atoms with Crippen LogP contribution in [0.1, 0.15) is 37.8 Å². The monoisotopic (exact) mass is 207 g/mol. The molecule has 1 unspecified atom stereocenters. The molecular formula is C13H21NO. The number of nitrogen functional groups attached to an aromatic ring is 1. The Morgan fingerprint density at radius 2 is 2.13 bits per heavy atom. The fraction of sp³-hybridized carbons (Fsp3) is 0.538. The van der Waals surface area contributed by atoms with Crippen molar-refractivity contribution in [3.05, 3.63) is 29.3 Å². The number of rotatable bonds is 5. The average molecular weight is 207 g/mol. The third-order valence-corrected chi connectivity index (χ3v) is 2.71. The van der Waals surface area contributed by atoms with Crippen LogP contribution in [0.2, 0.25) is 0 Å². The van der Waals surface area contributed by atoms with Crippen LogP contribution >= 0.6 is 0 Å². The van der Waals surface area contributed by atoms with E-state index in [1.54, 1.807) is 0 Å². The van der Waals surface area contributed by atoms with Gasteiger partial charge in [0.25, 0.3) is 0 Å². The van der Waals surface area contributed by atoms with E-state index in [2.05, 4.69) is 19.9 Å². The first-order valence-electron chi connectivity index (χ1n) is 5.60. The lowest BCUT2D eigenvalue weighted by molar-refractivity contribution is 0.0469. The third-order valence-electron chi connectivity index (χ3n) is 2.71. The van der Waals surface area contributed by atoms with Crippen molar-refractivity contribution in [1.29, 1.82) is 0 Å². The maximum atomic E-state index is 5.83. The Bertz CT molecular complexity index is 309. The molecule has 0 aromatic heterocycles. The van der Waals surface area contributed by atoms with Gasteiger partial charge in [-0.1, -0.05) is 25.5 Å². The highest BCUT2D eigenvalue weighted by Gasteiger charge is 2.04. The maximum Gasteiger partial charge on any atom is 0.0723 e. The fourth-order valence-electron chi connectivity index (χ4n) is 1.58. The average Bonchev–Trinajstić information content (AvgIpc) is 2.21. The van der Waals surface area contributed by atoms with E-state index in [0.717, 1.165) is 24.1 Å². The number of anilines is 1. The summed E-state index contributed by atoms with van der Waals surface area (Å²) in [6.45, 7) is 6.99. The van der Waals surface area contributed by atoms with Crippen molar-refractivity contribution in [1.82, 2.24) is 0 Å². The van der Waals surface area contributed by atoms with E-state index < -0.39 is 0 Å². The van der Waals surface area contributed by atoms with Crippen LogP contribution in [-0.2, 0) is 11.3 Å². The Balaban J connectivity index is 2.54. The molecule has 0 bridgehead atoms. The molecule has 1 aromatic carbocycles. The number of benzene rings is 1. The van der Waals surface area contributed by atoms with Crippen molar-refractivity contribution < 1.29 is 4.74 Å². The van der Waals surface area contributed by atoms with Crippen molar-refractivity contribution in [2.75, 3.05) is 5.73 Å². The quantitative estimate of drug-likeness (QED) is 0.752. The second-order valence-corrected chi connectivity index (χ2v) is 4.04. The van der Waals surface area contributed by atoms with E-state index >= 15 is 0 Å². The van der Waals surface area contributed by atoms with Crippen molar-refractivity contribution in [2.45, 2.75) is 46.3 Å². The lowest BCUT2D eigenvalue weighted by atomic mass is 10.1. The summed E-state index contributed by atoms with van der Waals surface area (Å²) in [5, 5.41) is 0. The Morgan fingerprint density at radius 1 is 1.40 bits per heavy atom. The Morgan fingerprint density at radius 3 is 2.80 bits per heavy atom. The normalized spacial score (nSPS) is 12.7. The van der Waals surface area contributed by atoms with Gasteiger partial charge in [-0.25, -0.2) is 0 Å². The number of nitrogens with two attached hydrogens (primary N) is 1. The molecule has 1 aromatic rings. The van der Waals surface area contributed by atoms with Crippen LogP contribution < -0.4 is 5.73 Å². The molecule has 0 saturated heterocycles. The van der Waals surface area contributed by atoms with Crippen molar-refractivity contribution >= 4 is 5.69 Å². The first-order chi connectivity index (χ1) is 7.15. The van der Waals surface area contributed by atoms with Gasteiger partial charge in [0.15, 0.2) is 0 Å². The van der Waals surface area contributed by atoms with Crippen LogP contribution in [0, 0.1) is 6.92 Å². The first-order valence-corrected chi connectivity index (χ1v) is 5.60. The first kappa shape index (κ1) is 12.1. The van der Waals surface area contributed by atoms with Crippen LogP contribution in [0.25, 0.3) is 0 Å². The number of hydrogen-bond donors (Lipinski definition) is 1. The molecule has 2 heteroatoms. The van der Waals surface area contributed by atoms with Crippen molar-refractivity contribution in [3.63, 3.8) is 0 Å². The molecule has 2 nitrogen and oxygen atoms in total. The van der Waals surface area contributed by atoms with E-state index in [1.165, 1.54) is 5.56 Å². The van der Waals surface area contributed by atoms with Crippen molar-refractivity contribution in [3.8, 4) is 0 Å². The zero-order valence-corrected chi connectivity index (χ0v) is 9.92. The summed E-state index contributed by atoms with van der Waals surface area (Å²) in [7, 11) is 0. The van der Waals surface area contributed by atoms with Gasteiger partial charge in [-0.15, -0.1) is 0 Å². The second kappa shape index (κ2) is 5.76. The van der Waals surface area contributed by atoms with E-state index in [1.807, 2.05) is 19.1 Å². The Labute approximate surface area is 92.4 Å². The molecule has 15 heavy (non-hydrogen) atoms. The number of ether oxygens (including phenoxy) is 1. The predicted molar refractivity (Wildman–Crippen MR) is 64.8 cm³/mol. The zero-order chi connectivity index (χ0) is 11.3. The van der Waals surface area contributed by atoms with E-state index in [-0.39, 0.29) is 0 Å². The van der Waals surface area contributed by atoms with Gasteiger partial charge in [-0.3, -0.25) is 0 Å². The van der Waals surface area contributed by atoms with E-state index in [0.29, 0.717) is 12.7 Å². The molecule has 1 atom stereocenters. The van der Waals surface area contributed by atoms with Crippen LogP contribution in [0.15, 0.2) is 18.2 Å². The highest BCUT2D eigenvalue weighted by Crippen LogP contribution is 2.17. The molecule has 0 saturated carbocycles. The topological polar surface area (TPSA) is 35.2 Å². The molecule has 0 aliphatic carbocycles. The van der Waals surface area contributed by atoms with Gasteiger partial charge < -0.3 is 10.5 Å². The molecule has 84 valence electrons. The Kier molecular flexibility index (Phi) is 4.63. The second-order valence-electron chi connectivity index (χ2n) is 4.04. The van der Waals surface area contributed by atoms with Gasteiger partial charge in [-0.05, 0) is 37.5 Å². The maximum absolute atomic E-state index is 5.83. The molecule has 0 spiro atoms. The van der Waals surface area contributed by atoms with Crippen LogP contribution in [0.3, 0.4) is 0 Å². The van der Waals surface area contributed by atoms with E-state index in [9.17, 15) is 0 Å². The van der Waals surface area contributed by atoms with Gasteiger partial charge in [0.2, 0.25) is 0 Å². The standard InChI is InChI=1S/C13H21NO/c1-4-6-10(2)15-9-12-7-5-8-13(14)11(12)3/h5,7-8,10H,4,6,9,14H2,1-3H3. The van der Waals surface area contributed by atoms with Gasteiger partial charge in [-0.2, -0.15) is 0 Å². The zero-order valence-electron chi connectivity index (χ0n) is 9.92. The molecule has 0 amide bonds. The predicted octanol–water partition coefficient (Wildman–Crippen LogP) is 3.28. The molecule has 0 aliphatic rings. The summed E-state index contributed by atoms with van der Waals surface area (Å²) in [5.74, 6) is 0. The lowest BCUT2D eigenvalue weighted by Gasteiger charge is -2.14. The molecular weight excluding hydrogens is 186 g/mol. The Hall–Kier alpha value is -1.02. The molecule has 0 heterocycles. The van der Waals surface area contributed by atoms with Gasteiger partial charge >= 0.3 is 0 Å². The van der Waals surface area contributed by atoms with Crippen LogP contribution in [-0.4, -0.2) is 6.10 Å². The fourth-order valence-corrected chi connectivity index (χ4v) is 1.58. The van der Waals surface area contributed by atoms with Gasteiger partial charge in [0.1, 0.15) is 0 Å². The SMILES string of the molecule is CCCC(C)OCc1cccc(N)c1C. The summed E-state index contributed by atoms with van der Waals surface area (Å²) in [5.41, 5.74) is 9.01.